The van der Waals surface area contributed by atoms with Crippen LogP contribution in [-0.4, -0.2) is 19.4 Å². The van der Waals surface area contributed by atoms with Gasteiger partial charge >= 0.3 is 0 Å². The molecule has 1 unspecified atom stereocenters. The molecule has 2 saturated carbocycles. The molecule has 1 atom stereocenters. The van der Waals surface area contributed by atoms with E-state index >= 15 is 0 Å². The first kappa shape index (κ1) is 27.4. The summed E-state index contributed by atoms with van der Waals surface area (Å²) in [4.78, 5) is 0. The van der Waals surface area contributed by atoms with E-state index in [9.17, 15) is 13.2 Å². The number of alkyl halides is 1. The largest absolute Gasteiger partial charge is 0.491 e. The highest BCUT2D eigenvalue weighted by atomic mass is 19.2. The van der Waals surface area contributed by atoms with Gasteiger partial charge in [-0.15, -0.1) is 0 Å². The maximum absolute atomic E-state index is 14.6. The van der Waals surface area contributed by atoms with Crippen LogP contribution in [0.15, 0.2) is 36.4 Å². The Hall–Kier alpha value is -2.61. The summed E-state index contributed by atoms with van der Waals surface area (Å²) in [6.45, 7) is 3.90. The second-order valence-electron chi connectivity index (χ2n) is 10.8. The number of hydrogen-bond donors (Lipinski definition) is 0. The average Bonchev–Trinajstić information content (AvgIpc) is 2.91. The normalized spacial score (nSPS) is 24.6. The van der Waals surface area contributed by atoms with Gasteiger partial charge in [-0.25, -0.2) is 4.39 Å². The van der Waals surface area contributed by atoms with Crippen LogP contribution in [0.2, 0.25) is 0 Å². The van der Waals surface area contributed by atoms with Gasteiger partial charge in [0.2, 0.25) is 11.6 Å². The molecule has 0 amide bonds. The predicted octanol–water partition coefficient (Wildman–Crippen LogP) is 8.43. The maximum Gasteiger partial charge on any atom is 0.204 e. The first-order valence-corrected chi connectivity index (χ1v) is 13.9. The van der Waals surface area contributed by atoms with Crippen LogP contribution in [-0.2, 0) is 6.42 Å². The van der Waals surface area contributed by atoms with Crippen molar-refractivity contribution in [1.29, 1.82) is 0 Å². The van der Waals surface area contributed by atoms with Crippen LogP contribution in [0.3, 0.4) is 0 Å². The van der Waals surface area contributed by atoms with Crippen LogP contribution < -0.4 is 9.47 Å². The molecular formula is C32H39F3O2. The van der Waals surface area contributed by atoms with E-state index in [4.69, 9.17) is 9.47 Å². The molecule has 2 nitrogen and oxygen atoms in total. The second kappa shape index (κ2) is 13.3. The summed E-state index contributed by atoms with van der Waals surface area (Å²) in [7, 11) is 0. The van der Waals surface area contributed by atoms with Crippen LogP contribution in [0.5, 0.6) is 11.5 Å². The van der Waals surface area contributed by atoms with Crippen molar-refractivity contribution in [3.8, 4) is 23.3 Å². The first-order chi connectivity index (χ1) is 17.9. The highest BCUT2D eigenvalue weighted by molar-refractivity contribution is 5.35. The molecule has 2 aliphatic carbocycles. The monoisotopic (exact) mass is 512 g/mol. The Balaban J connectivity index is 1.21. The van der Waals surface area contributed by atoms with E-state index in [0.717, 1.165) is 37.2 Å². The van der Waals surface area contributed by atoms with Gasteiger partial charge in [0.05, 0.1) is 6.61 Å². The van der Waals surface area contributed by atoms with Crippen molar-refractivity contribution < 1.29 is 22.6 Å². The third kappa shape index (κ3) is 7.69. The number of ether oxygens (including phenoxy) is 2. The molecule has 0 heterocycles. The topological polar surface area (TPSA) is 18.5 Å². The third-order valence-corrected chi connectivity index (χ3v) is 7.87. The van der Waals surface area contributed by atoms with E-state index in [1.165, 1.54) is 43.4 Å². The Morgan fingerprint density at radius 3 is 1.89 bits per heavy atom. The van der Waals surface area contributed by atoms with Gasteiger partial charge < -0.3 is 9.47 Å². The summed E-state index contributed by atoms with van der Waals surface area (Å²) in [5, 5.41) is 0. The Kier molecular flexibility index (Phi) is 9.83. The van der Waals surface area contributed by atoms with Gasteiger partial charge in [0.1, 0.15) is 12.8 Å². The molecule has 2 aromatic carbocycles. The summed E-state index contributed by atoms with van der Waals surface area (Å²) < 4.78 is 52.9. The van der Waals surface area contributed by atoms with E-state index in [1.807, 2.05) is 12.1 Å². The molecule has 2 aliphatic rings. The third-order valence-electron chi connectivity index (χ3n) is 7.87. The zero-order chi connectivity index (χ0) is 26.2. The lowest BCUT2D eigenvalue weighted by molar-refractivity contribution is 0.187. The SMILES string of the molecule is CCOc1ccc(OCC(F)Cc2ccc(C3CCC(C#CC4CCC(C)CC4)CC3)cc2)c(F)c1F. The Labute approximate surface area is 219 Å². The van der Waals surface area contributed by atoms with E-state index in [0.29, 0.717) is 17.8 Å². The molecule has 37 heavy (non-hydrogen) atoms. The number of benzene rings is 2. The van der Waals surface area contributed by atoms with Crippen molar-refractivity contribution in [2.45, 2.75) is 83.7 Å². The van der Waals surface area contributed by atoms with Crippen molar-refractivity contribution >= 4 is 0 Å². The molecule has 0 spiro atoms. The lowest BCUT2D eigenvalue weighted by atomic mass is 9.78. The van der Waals surface area contributed by atoms with Gasteiger partial charge in [-0.3, -0.25) is 0 Å². The summed E-state index contributed by atoms with van der Waals surface area (Å²) in [5.41, 5.74) is 2.16. The fourth-order valence-electron chi connectivity index (χ4n) is 5.52. The Bertz CT molecular complexity index is 1060. The van der Waals surface area contributed by atoms with Crippen LogP contribution in [0, 0.1) is 41.2 Å². The molecule has 200 valence electrons. The number of halogens is 3. The number of rotatable bonds is 8. The zero-order valence-corrected chi connectivity index (χ0v) is 22.1. The molecule has 5 heteroatoms. The smallest absolute Gasteiger partial charge is 0.204 e. The van der Waals surface area contributed by atoms with Crippen LogP contribution in [0.25, 0.3) is 0 Å². The molecule has 0 saturated heterocycles. The molecule has 0 bridgehead atoms. The van der Waals surface area contributed by atoms with Crippen molar-refractivity contribution in [3.63, 3.8) is 0 Å². The van der Waals surface area contributed by atoms with Gasteiger partial charge in [-0.05, 0) is 93.4 Å². The summed E-state index contributed by atoms with van der Waals surface area (Å²) in [6, 6.07) is 10.7. The highest BCUT2D eigenvalue weighted by Crippen LogP contribution is 2.36. The van der Waals surface area contributed by atoms with E-state index in [-0.39, 0.29) is 31.1 Å². The van der Waals surface area contributed by atoms with Crippen molar-refractivity contribution in [2.75, 3.05) is 13.2 Å². The predicted molar refractivity (Wildman–Crippen MR) is 142 cm³/mol. The van der Waals surface area contributed by atoms with Crippen LogP contribution in [0.1, 0.15) is 82.3 Å². The standard InChI is InChI=1S/C32H39F3O2/c1-3-36-29-18-19-30(32(35)31(29)34)37-21-28(33)20-25-12-16-27(17-13-25)26-14-10-24(11-15-26)9-8-23-6-4-22(2)5-7-23/h12-13,16-19,22-24,26,28H,3-7,10-11,14-15,20-21H2,1-2H3. The van der Waals surface area contributed by atoms with Gasteiger partial charge in [-0.1, -0.05) is 43.0 Å². The minimum atomic E-state index is -1.33. The van der Waals surface area contributed by atoms with Gasteiger partial charge in [0, 0.05) is 18.3 Å². The van der Waals surface area contributed by atoms with Gasteiger partial charge in [-0.2, -0.15) is 8.78 Å². The van der Waals surface area contributed by atoms with E-state index in [1.54, 1.807) is 6.92 Å². The fraction of sp³-hybridized carbons (Fsp3) is 0.562. The Morgan fingerprint density at radius 1 is 0.784 bits per heavy atom. The molecule has 2 fully saturated rings. The molecule has 2 aromatic rings. The minimum absolute atomic E-state index is 0.156. The quantitative estimate of drug-likeness (QED) is 0.331. The molecule has 0 aliphatic heterocycles. The zero-order valence-electron chi connectivity index (χ0n) is 22.1. The molecular weight excluding hydrogens is 473 g/mol. The summed E-state index contributed by atoms with van der Waals surface area (Å²) in [6.07, 6.45) is 8.57. The first-order valence-electron chi connectivity index (χ1n) is 13.9. The fourth-order valence-corrected chi connectivity index (χ4v) is 5.52. The lowest BCUT2D eigenvalue weighted by Gasteiger charge is -2.27. The second-order valence-corrected chi connectivity index (χ2v) is 10.8. The summed E-state index contributed by atoms with van der Waals surface area (Å²) >= 11 is 0. The maximum atomic E-state index is 14.6. The number of hydrogen-bond acceptors (Lipinski definition) is 2. The Morgan fingerprint density at radius 2 is 1.32 bits per heavy atom. The van der Waals surface area contributed by atoms with Crippen molar-refractivity contribution in [2.24, 2.45) is 17.8 Å². The molecule has 0 aromatic heterocycles. The van der Waals surface area contributed by atoms with E-state index in [2.05, 4.69) is 30.9 Å². The van der Waals surface area contributed by atoms with E-state index < -0.39 is 17.8 Å². The molecule has 0 N–H and O–H groups in total. The van der Waals surface area contributed by atoms with Crippen LogP contribution in [0.4, 0.5) is 13.2 Å². The van der Waals surface area contributed by atoms with Crippen molar-refractivity contribution in [3.05, 3.63) is 59.2 Å². The molecule has 0 radical (unpaired) electrons. The average molecular weight is 513 g/mol. The summed E-state index contributed by atoms with van der Waals surface area (Å²) in [5.74, 6) is 6.93. The van der Waals surface area contributed by atoms with Gasteiger partial charge in [0.15, 0.2) is 11.5 Å². The van der Waals surface area contributed by atoms with Crippen LogP contribution >= 0.6 is 0 Å². The lowest BCUT2D eigenvalue weighted by Crippen LogP contribution is -2.17. The molecule has 4 rings (SSSR count). The van der Waals surface area contributed by atoms with Crippen molar-refractivity contribution in [1.82, 2.24) is 0 Å². The highest BCUT2D eigenvalue weighted by Gasteiger charge is 2.22. The van der Waals surface area contributed by atoms with Gasteiger partial charge in [0.25, 0.3) is 0 Å². The minimum Gasteiger partial charge on any atom is -0.491 e.